The van der Waals surface area contributed by atoms with Crippen molar-refractivity contribution in [2.75, 3.05) is 0 Å². The van der Waals surface area contributed by atoms with Crippen molar-refractivity contribution >= 4 is 33.7 Å². The number of aryl methyl sites for hydroxylation is 1. The third-order valence-corrected chi connectivity index (χ3v) is 5.99. The minimum Gasteiger partial charge on any atom is -0.508 e. The monoisotopic (exact) mass is 417 g/mol. The van der Waals surface area contributed by atoms with E-state index in [4.69, 9.17) is 0 Å². The smallest absolute Gasteiger partial charge is 0.275 e. The molecule has 0 saturated carbocycles. The fraction of sp³-hybridized carbons (Fsp3) is 0.0870. The SMILES string of the molecule is C/C(=N\NC(=O)c1cc2ccccc2cc1O)c1sc(-c2ccc(O)cc2)nc1C. The fourth-order valence-electron chi connectivity index (χ4n) is 3.12. The Morgan fingerprint density at radius 2 is 1.70 bits per heavy atom. The van der Waals surface area contributed by atoms with Gasteiger partial charge >= 0.3 is 0 Å². The van der Waals surface area contributed by atoms with Crippen molar-refractivity contribution in [3.05, 3.63) is 76.8 Å². The molecule has 0 spiro atoms. The lowest BCUT2D eigenvalue weighted by Gasteiger charge is -2.06. The summed E-state index contributed by atoms with van der Waals surface area (Å²) in [5.74, 6) is -0.384. The summed E-state index contributed by atoms with van der Waals surface area (Å²) in [6.07, 6.45) is 0. The minimum atomic E-state index is -0.487. The molecule has 0 unspecified atom stereocenters. The first-order valence-corrected chi connectivity index (χ1v) is 10.1. The molecule has 6 nitrogen and oxygen atoms in total. The van der Waals surface area contributed by atoms with E-state index in [0.717, 1.165) is 31.9 Å². The lowest BCUT2D eigenvalue weighted by molar-refractivity contribution is 0.0952. The third kappa shape index (κ3) is 3.88. The maximum Gasteiger partial charge on any atom is 0.275 e. The average Bonchev–Trinajstić information content (AvgIpc) is 3.13. The van der Waals surface area contributed by atoms with Crippen molar-refractivity contribution in [3.63, 3.8) is 0 Å². The number of phenolic OH excluding ortho intramolecular Hbond substituents is 2. The standard InChI is InChI=1S/C23H19N3O3S/c1-13-21(30-23(24-13)15-7-9-18(27)10-8-15)14(2)25-26-22(29)19-11-16-5-3-4-6-17(16)12-20(19)28/h3-12,27-28H,1-2H3,(H,26,29)/b25-14+. The number of thiazole rings is 1. The number of aromatic hydroxyl groups is 2. The van der Waals surface area contributed by atoms with Gasteiger partial charge in [0.2, 0.25) is 0 Å². The van der Waals surface area contributed by atoms with Gasteiger partial charge in [-0.15, -0.1) is 11.3 Å². The number of carbonyl (C=O) groups is 1. The first-order chi connectivity index (χ1) is 14.4. The van der Waals surface area contributed by atoms with Crippen LogP contribution in [0.25, 0.3) is 21.3 Å². The van der Waals surface area contributed by atoms with Crippen LogP contribution in [0.15, 0.2) is 65.8 Å². The number of amides is 1. The Balaban J connectivity index is 1.56. The summed E-state index contributed by atoms with van der Waals surface area (Å²) < 4.78 is 0. The summed E-state index contributed by atoms with van der Waals surface area (Å²) in [6.45, 7) is 3.67. The molecule has 150 valence electrons. The second kappa shape index (κ2) is 7.96. The first-order valence-electron chi connectivity index (χ1n) is 9.26. The lowest BCUT2D eigenvalue weighted by atomic mass is 10.1. The van der Waals surface area contributed by atoms with E-state index in [1.54, 1.807) is 43.3 Å². The highest BCUT2D eigenvalue weighted by Crippen LogP contribution is 2.29. The molecular formula is C23H19N3O3S. The van der Waals surface area contributed by atoms with E-state index in [-0.39, 0.29) is 17.1 Å². The van der Waals surface area contributed by atoms with E-state index >= 15 is 0 Å². The summed E-state index contributed by atoms with van der Waals surface area (Å²) >= 11 is 1.45. The van der Waals surface area contributed by atoms with Crippen LogP contribution in [0.2, 0.25) is 0 Å². The highest BCUT2D eigenvalue weighted by molar-refractivity contribution is 7.17. The molecule has 4 rings (SSSR count). The quantitative estimate of drug-likeness (QED) is 0.327. The number of hydrazone groups is 1. The zero-order valence-corrected chi connectivity index (χ0v) is 17.2. The molecule has 30 heavy (non-hydrogen) atoms. The maximum atomic E-state index is 12.6. The lowest BCUT2D eigenvalue weighted by Crippen LogP contribution is -2.19. The largest absolute Gasteiger partial charge is 0.508 e. The second-order valence-electron chi connectivity index (χ2n) is 6.84. The van der Waals surface area contributed by atoms with Crippen molar-refractivity contribution in [1.82, 2.24) is 10.4 Å². The van der Waals surface area contributed by atoms with Crippen LogP contribution in [0.4, 0.5) is 0 Å². The van der Waals surface area contributed by atoms with Crippen LogP contribution in [-0.2, 0) is 0 Å². The van der Waals surface area contributed by atoms with Crippen LogP contribution < -0.4 is 5.43 Å². The molecule has 0 saturated heterocycles. The van der Waals surface area contributed by atoms with Crippen molar-refractivity contribution in [2.24, 2.45) is 5.10 Å². The summed E-state index contributed by atoms with van der Waals surface area (Å²) in [6, 6.07) is 17.5. The maximum absolute atomic E-state index is 12.6. The van der Waals surface area contributed by atoms with E-state index in [1.807, 2.05) is 31.2 Å². The minimum absolute atomic E-state index is 0.0948. The van der Waals surface area contributed by atoms with E-state index in [1.165, 1.54) is 11.3 Å². The number of nitrogens with zero attached hydrogens (tertiary/aromatic N) is 2. The van der Waals surface area contributed by atoms with Gasteiger partial charge < -0.3 is 10.2 Å². The molecule has 0 aliphatic heterocycles. The Morgan fingerprint density at radius 3 is 2.40 bits per heavy atom. The Bertz CT molecular complexity index is 1280. The fourth-order valence-corrected chi connectivity index (χ4v) is 4.13. The number of hydrogen-bond donors (Lipinski definition) is 3. The number of hydrogen-bond acceptors (Lipinski definition) is 6. The molecule has 3 N–H and O–H groups in total. The highest BCUT2D eigenvalue weighted by atomic mass is 32.1. The molecule has 0 radical (unpaired) electrons. The topological polar surface area (TPSA) is 94.8 Å². The number of fused-ring (bicyclic) bond motifs is 1. The Morgan fingerprint density at radius 1 is 1.03 bits per heavy atom. The molecule has 1 heterocycles. The van der Waals surface area contributed by atoms with Crippen LogP contribution in [0, 0.1) is 6.92 Å². The van der Waals surface area contributed by atoms with E-state index in [0.29, 0.717) is 5.71 Å². The van der Waals surface area contributed by atoms with E-state index < -0.39 is 5.91 Å². The van der Waals surface area contributed by atoms with E-state index in [9.17, 15) is 15.0 Å². The van der Waals surface area contributed by atoms with Crippen LogP contribution in [0.5, 0.6) is 11.5 Å². The van der Waals surface area contributed by atoms with Crippen molar-refractivity contribution in [2.45, 2.75) is 13.8 Å². The predicted molar refractivity (Wildman–Crippen MR) is 119 cm³/mol. The normalized spacial score (nSPS) is 11.6. The van der Waals surface area contributed by atoms with Gasteiger partial charge in [-0.05, 0) is 61.0 Å². The molecule has 7 heteroatoms. The average molecular weight is 417 g/mol. The van der Waals surface area contributed by atoms with E-state index in [2.05, 4.69) is 15.5 Å². The molecule has 4 aromatic rings. The van der Waals surface area contributed by atoms with Gasteiger partial charge in [0.15, 0.2) is 0 Å². The van der Waals surface area contributed by atoms with Crippen molar-refractivity contribution in [3.8, 4) is 22.1 Å². The molecule has 0 aliphatic rings. The summed E-state index contributed by atoms with van der Waals surface area (Å²) in [4.78, 5) is 18.0. The molecule has 3 aromatic carbocycles. The van der Waals surface area contributed by atoms with Gasteiger partial charge in [-0.25, -0.2) is 10.4 Å². The van der Waals surface area contributed by atoms with Crippen molar-refractivity contribution < 1.29 is 15.0 Å². The highest BCUT2D eigenvalue weighted by Gasteiger charge is 2.15. The molecule has 0 atom stereocenters. The Labute approximate surface area is 177 Å². The number of carbonyl (C=O) groups excluding carboxylic acids is 1. The molecule has 0 bridgehead atoms. The van der Waals surface area contributed by atoms with Gasteiger partial charge in [-0.2, -0.15) is 5.10 Å². The van der Waals surface area contributed by atoms with Gasteiger partial charge in [0.25, 0.3) is 5.91 Å². The van der Waals surface area contributed by atoms with Crippen LogP contribution in [0.1, 0.15) is 27.9 Å². The zero-order chi connectivity index (χ0) is 21.3. The number of aromatic nitrogens is 1. The predicted octanol–water partition coefficient (Wildman–Crippen LogP) is 4.84. The third-order valence-electron chi connectivity index (χ3n) is 4.67. The molecule has 0 fully saturated rings. The molecule has 0 aliphatic carbocycles. The van der Waals surface area contributed by atoms with Gasteiger partial charge in [-0.1, -0.05) is 24.3 Å². The summed E-state index contributed by atoms with van der Waals surface area (Å²) in [7, 11) is 0. The Hall–Kier alpha value is -3.71. The first kappa shape index (κ1) is 19.6. The number of rotatable bonds is 4. The van der Waals surface area contributed by atoms with Gasteiger partial charge in [0.1, 0.15) is 16.5 Å². The van der Waals surface area contributed by atoms with Gasteiger partial charge in [0.05, 0.1) is 21.8 Å². The molecule has 1 aromatic heterocycles. The summed E-state index contributed by atoms with van der Waals surface area (Å²) in [5.41, 5.74) is 4.99. The van der Waals surface area contributed by atoms with Crippen LogP contribution >= 0.6 is 11.3 Å². The second-order valence-corrected chi connectivity index (χ2v) is 7.83. The number of phenols is 2. The van der Waals surface area contributed by atoms with Gasteiger partial charge in [-0.3, -0.25) is 4.79 Å². The zero-order valence-electron chi connectivity index (χ0n) is 16.4. The van der Waals surface area contributed by atoms with Crippen LogP contribution in [0.3, 0.4) is 0 Å². The Kier molecular flexibility index (Phi) is 5.20. The number of nitrogens with one attached hydrogen (secondary N) is 1. The molecular weight excluding hydrogens is 398 g/mol. The number of benzene rings is 3. The molecule has 1 amide bonds. The van der Waals surface area contributed by atoms with Crippen molar-refractivity contribution in [1.29, 1.82) is 0 Å². The van der Waals surface area contributed by atoms with Gasteiger partial charge in [0, 0.05) is 5.56 Å². The van der Waals surface area contributed by atoms with Crippen LogP contribution in [-0.4, -0.2) is 26.8 Å². The summed E-state index contributed by atoms with van der Waals surface area (Å²) in [5, 5.41) is 26.4.